The maximum absolute atomic E-state index is 13.6. The average Bonchev–Trinajstić information content (AvgIpc) is 2.85. The minimum absolute atomic E-state index is 0.0278. The van der Waals surface area contributed by atoms with Gasteiger partial charge in [-0.1, -0.05) is 6.92 Å². The molecule has 1 aromatic rings. The van der Waals surface area contributed by atoms with Crippen LogP contribution in [-0.4, -0.2) is 24.7 Å². The van der Waals surface area contributed by atoms with Gasteiger partial charge in [-0.2, -0.15) is 0 Å². The van der Waals surface area contributed by atoms with Gasteiger partial charge in [0.1, 0.15) is 11.6 Å². The molecule has 1 saturated heterocycles. The SMILES string of the molecule is CC1=C(N2CCN(c3c(C)cc(F)cc3C)C2)[C@@H](C)CC(F)=C1. The van der Waals surface area contributed by atoms with Gasteiger partial charge >= 0.3 is 0 Å². The number of hydrogen-bond donors (Lipinski definition) is 0. The third-order valence-corrected chi connectivity index (χ3v) is 4.84. The molecule has 2 aliphatic rings. The van der Waals surface area contributed by atoms with E-state index in [1.165, 1.54) is 5.70 Å². The van der Waals surface area contributed by atoms with Crippen molar-refractivity contribution in [3.63, 3.8) is 0 Å². The molecule has 0 amide bonds. The summed E-state index contributed by atoms with van der Waals surface area (Å²) in [5.41, 5.74) is 5.33. The Bertz CT molecular complexity index is 668. The largest absolute Gasteiger partial charge is 0.355 e. The number of anilines is 1. The molecule has 1 atom stereocenters. The molecule has 4 heteroatoms. The van der Waals surface area contributed by atoms with E-state index in [4.69, 9.17) is 0 Å². The average molecular weight is 318 g/mol. The van der Waals surface area contributed by atoms with Gasteiger partial charge in [-0.15, -0.1) is 0 Å². The predicted molar refractivity (Wildman–Crippen MR) is 90.5 cm³/mol. The van der Waals surface area contributed by atoms with Gasteiger partial charge in [0.15, 0.2) is 0 Å². The maximum Gasteiger partial charge on any atom is 0.123 e. The van der Waals surface area contributed by atoms with Crippen molar-refractivity contribution in [2.75, 3.05) is 24.7 Å². The first-order valence-electron chi connectivity index (χ1n) is 8.20. The molecule has 0 aromatic heterocycles. The lowest BCUT2D eigenvalue weighted by atomic mass is 9.92. The van der Waals surface area contributed by atoms with Gasteiger partial charge in [-0.3, -0.25) is 0 Å². The summed E-state index contributed by atoms with van der Waals surface area (Å²) in [6.07, 6.45) is 2.14. The molecule has 3 rings (SSSR count). The summed E-state index contributed by atoms with van der Waals surface area (Å²) in [6.45, 7) is 10.6. The molecule has 1 aromatic carbocycles. The van der Waals surface area contributed by atoms with Gasteiger partial charge in [0.25, 0.3) is 0 Å². The highest BCUT2D eigenvalue weighted by Crippen LogP contribution is 2.35. The van der Waals surface area contributed by atoms with Crippen molar-refractivity contribution >= 4 is 5.69 Å². The molecular weight excluding hydrogens is 294 g/mol. The van der Waals surface area contributed by atoms with E-state index >= 15 is 0 Å². The fourth-order valence-electron chi connectivity index (χ4n) is 4.08. The molecule has 0 spiro atoms. The lowest BCUT2D eigenvalue weighted by Gasteiger charge is -2.31. The van der Waals surface area contributed by atoms with Crippen molar-refractivity contribution in [1.29, 1.82) is 0 Å². The third-order valence-electron chi connectivity index (χ3n) is 4.84. The Morgan fingerprint density at radius 1 is 1.00 bits per heavy atom. The predicted octanol–water partition coefficient (Wildman–Crippen LogP) is 4.69. The first-order chi connectivity index (χ1) is 10.9. The van der Waals surface area contributed by atoms with E-state index in [0.717, 1.165) is 42.1 Å². The summed E-state index contributed by atoms with van der Waals surface area (Å²) in [4.78, 5) is 4.64. The second kappa shape index (κ2) is 5.99. The number of benzene rings is 1. The van der Waals surface area contributed by atoms with Crippen LogP contribution in [0.1, 0.15) is 31.4 Å². The summed E-state index contributed by atoms with van der Waals surface area (Å²) in [6, 6.07) is 3.19. The van der Waals surface area contributed by atoms with E-state index in [1.807, 2.05) is 20.8 Å². The van der Waals surface area contributed by atoms with Crippen LogP contribution < -0.4 is 4.90 Å². The maximum atomic E-state index is 13.6. The Hall–Kier alpha value is -1.84. The Balaban J connectivity index is 1.86. The van der Waals surface area contributed by atoms with E-state index in [2.05, 4.69) is 16.7 Å². The van der Waals surface area contributed by atoms with Crippen LogP contribution in [0.4, 0.5) is 14.5 Å². The molecule has 2 nitrogen and oxygen atoms in total. The smallest absolute Gasteiger partial charge is 0.123 e. The van der Waals surface area contributed by atoms with Crippen LogP contribution >= 0.6 is 0 Å². The quantitative estimate of drug-likeness (QED) is 0.780. The topological polar surface area (TPSA) is 6.48 Å². The fourth-order valence-corrected chi connectivity index (χ4v) is 4.08. The van der Waals surface area contributed by atoms with Crippen molar-refractivity contribution in [3.8, 4) is 0 Å². The molecule has 1 aliphatic carbocycles. The molecule has 23 heavy (non-hydrogen) atoms. The summed E-state index contributed by atoms with van der Waals surface area (Å²) in [5, 5.41) is 0. The first-order valence-corrected chi connectivity index (χ1v) is 8.20. The molecule has 1 heterocycles. The molecule has 0 unspecified atom stereocenters. The lowest BCUT2D eigenvalue weighted by molar-refractivity contribution is 0.351. The third kappa shape index (κ3) is 2.99. The van der Waals surface area contributed by atoms with Crippen molar-refractivity contribution in [3.05, 3.63) is 52.2 Å². The van der Waals surface area contributed by atoms with E-state index in [9.17, 15) is 8.78 Å². The fraction of sp³-hybridized carbons (Fsp3) is 0.474. The highest BCUT2D eigenvalue weighted by atomic mass is 19.1. The van der Waals surface area contributed by atoms with Crippen molar-refractivity contribution in [1.82, 2.24) is 4.90 Å². The van der Waals surface area contributed by atoms with Crippen LogP contribution in [0.3, 0.4) is 0 Å². The van der Waals surface area contributed by atoms with Crippen molar-refractivity contribution in [2.24, 2.45) is 5.92 Å². The molecule has 0 saturated carbocycles. The van der Waals surface area contributed by atoms with Crippen LogP contribution in [-0.2, 0) is 0 Å². The highest BCUT2D eigenvalue weighted by Gasteiger charge is 2.29. The van der Waals surface area contributed by atoms with Gasteiger partial charge in [0.2, 0.25) is 0 Å². The van der Waals surface area contributed by atoms with Gasteiger partial charge in [0.05, 0.1) is 6.67 Å². The van der Waals surface area contributed by atoms with Crippen LogP contribution in [0.25, 0.3) is 0 Å². The normalized spacial score (nSPS) is 22.0. The number of halogens is 2. The van der Waals surface area contributed by atoms with Gasteiger partial charge < -0.3 is 9.80 Å². The summed E-state index contributed by atoms with van der Waals surface area (Å²) in [5.74, 6) is -0.00439. The van der Waals surface area contributed by atoms with E-state index in [1.54, 1.807) is 18.2 Å². The zero-order valence-electron chi connectivity index (χ0n) is 14.3. The molecular formula is C19H24F2N2. The number of nitrogens with zero attached hydrogens (tertiary/aromatic N) is 2. The van der Waals surface area contributed by atoms with Crippen LogP contribution in [0, 0.1) is 25.6 Å². The minimum Gasteiger partial charge on any atom is -0.355 e. The number of hydrogen-bond acceptors (Lipinski definition) is 2. The number of allylic oxidation sites excluding steroid dienone is 4. The van der Waals surface area contributed by atoms with E-state index in [-0.39, 0.29) is 17.6 Å². The zero-order chi connectivity index (χ0) is 16.7. The Labute approximate surface area is 137 Å². The minimum atomic E-state index is -0.181. The second-order valence-corrected chi connectivity index (χ2v) is 6.82. The van der Waals surface area contributed by atoms with E-state index in [0.29, 0.717) is 6.42 Å². The zero-order valence-corrected chi connectivity index (χ0v) is 14.3. The molecule has 0 radical (unpaired) electrons. The number of aryl methyl sites for hydroxylation is 2. The molecule has 124 valence electrons. The standard InChI is InChI=1S/C19H24F2N2/c1-12-7-16(20)8-13(2)18(12)22-5-6-23(11-22)19-14(3)9-17(21)10-15(19)4/h7-9,15H,5-6,10-11H2,1-4H3/t15-/m0/s1. The van der Waals surface area contributed by atoms with Gasteiger partial charge in [0, 0.05) is 36.8 Å². The van der Waals surface area contributed by atoms with Gasteiger partial charge in [-0.05, 0) is 55.7 Å². The van der Waals surface area contributed by atoms with Crippen LogP contribution in [0.5, 0.6) is 0 Å². The highest BCUT2D eigenvalue weighted by molar-refractivity contribution is 5.59. The Kier molecular flexibility index (Phi) is 4.17. The second-order valence-electron chi connectivity index (χ2n) is 6.82. The van der Waals surface area contributed by atoms with Crippen molar-refractivity contribution < 1.29 is 8.78 Å². The monoisotopic (exact) mass is 318 g/mol. The van der Waals surface area contributed by atoms with Gasteiger partial charge in [-0.25, -0.2) is 8.78 Å². The van der Waals surface area contributed by atoms with Crippen LogP contribution in [0.15, 0.2) is 35.3 Å². The van der Waals surface area contributed by atoms with Crippen LogP contribution in [0.2, 0.25) is 0 Å². The summed E-state index contributed by atoms with van der Waals surface area (Å²) >= 11 is 0. The first kappa shape index (κ1) is 16.0. The lowest BCUT2D eigenvalue weighted by Crippen LogP contribution is -2.30. The molecule has 1 aliphatic heterocycles. The summed E-state index contributed by atoms with van der Waals surface area (Å²) in [7, 11) is 0. The Morgan fingerprint density at radius 3 is 2.22 bits per heavy atom. The molecule has 1 fully saturated rings. The van der Waals surface area contributed by atoms with Crippen molar-refractivity contribution in [2.45, 2.75) is 34.1 Å². The molecule has 0 bridgehead atoms. The van der Waals surface area contributed by atoms with E-state index < -0.39 is 0 Å². The Morgan fingerprint density at radius 2 is 1.61 bits per heavy atom. The molecule has 0 N–H and O–H groups in total. The summed E-state index contributed by atoms with van der Waals surface area (Å²) < 4.78 is 27.1. The number of rotatable bonds is 2.